The number of thiazole rings is 1. The lowest BCUT2D eigenvalue weighted by Gasteiger charge is -2.00. The third-order valence-electron chi connectivity index (χ3n) is 2.29. The van der Waals surface area contributed by atoms with Gasteiger partial charge in [-0.3, -0.25) is 0 Å². The molecule has 3 heteroatoms. The Balaban J connectivity index is 2.33. The molecule has 0 aliphatic carbocycles. The first kappa shape index (κ1) is 10.3. The van der Waals surface area contributed by atoms with Crippen LogP contribution in [-0.2, 0) is 6.54 Å². The van der Waals surface area contributed by atoms with E-state index in [0.29, 0.717) is 0 Å². The van der Waals surface area contributed by atoms with Crippen LogP contribution in [0, 0.1) is 6.92 Å². The van der Waals surface area contributed by atoms with E-state index in [-0.39, 0.29) is 0 Å². The predicted octanol–water partition coefficient (Wildman–Crippen LogP) is 2.84. The number of rotatable bonds is 3. The number of benzene rings is 1. The van der Waals surface area contributed by atoms with Gasteiger partial charge in [-0.25, -0.2) is 4.98 Å². The molecule has 0 saturated heterocycles. The molecule has 1 N–H and O–H groups in total. The summed E-state index contributed by atoms with van der Waals surface area (Å²) in [5.41, 5.74) is 2.59. The maximum atomic E-state index is 4.38. The standard InChI is InChI=1S/C12H14N2S/c1-9-5-3-4-6-10(9)11-7-14-12(15-11)8-13-2/h3-7,13H,8H2,1-2H3. The molecule has 2 nitrogen and oxygen atoms in total. The number of hydrogen-bond acceptors (Lipinski definition) is 3. The van der Waals surface area contributed by atoms with Gasteiger partial charge in [-0.05, 0) is 25.1 Å². The molecule has 0 atom stereocenters. The highest BCUT2D eigenvalue weighted by atomic mass is 32.1. The third kappa shape index (κ3) is 2.25. The zero-order valence-corrected chi connectivity index (χ0v) is 9.77. The van der Waals surface area contributed by atoms with Crippen molar-refractivity contribution in [1.82, 2.24) is 10.3 Å². The number of nitrogens with zero attached hydrogens (tertiary/aromatic N) is 1. The Kier molecular flexibility index (Phi) is 3.14. The van der Waals surface area contributed by atoms with Gasteiger partial charge in [0, 0.05) is 12.7 Å². The Bertz CT molecular complexity index is 448. The molecule has 0 fully saturated rings. The summed E-state index contributed by atoms with van der Waals surface area (Å²) >= 11 is 1.75. The van der Waals surface area contributed by atoms with Gasteiger partial charge < -0.3 is 5.32 Å². The first-order valence-corrected chi connectivity index (χ1v) is 5.78. The first-order chi connectivity index (χ1) is 7.31. The Morgan fingerprint density at radius 3 is 2.87 bits per heavy atom. The molecule has 0 unspecified atom stereocenters. The molecule has 78 valence electrons. The molecular weight excluding hydrogens is 204 g/mol. The number of hydrogen-bond donors (Lipinski definition) is 1. The van der Waals surface area contributed by atoms with Gasteiger partial charge in [0.05, 0.1) is 4.88 Å². The van der Waals surface area contributed by atoms with E-state index in [0.717, 1.165) is 11.6 Å². The fraction of sp³-hybridized carbons (Fsp3) is 0.250. The number of aryl methyl sites for hydroxylation is 1. The maximum Gasteiger partial charge on any atom is 0.107 e. The number of aromatic nitrogens is 1. The van der Waals surface area contributed by atoms with Crippen molar-refractivity contribution in [3.8, 4) is 10.4 Å². The summed E-state index contributed by atoms with van der Waals surface area (Å²) in [6.45, 7) is 2.98. The summed E-state index contributed by atoms with van der Waals surface area (Å²) < 4.78 is 0. The predicted molar refractivity (Wildman–Crippen MR) is 65.1 cm³/mol. The van der Waals surface area contributed by atoms with Crippen molar-refractivity contribution < 1.29 is 0 Å². The van der Waals surface area contributed by atoms with Gasteiger partial charge in [0.25, 0.3) is 0 Å². The second kappa shape index (κ2) is 4.55. The van der Waals surface area contributed by atoms with Crippen LogP contribution in [0.2, 0.25) is 0 Å². The van der Waals surface area contributed by atoms with Crippen LogP contribution in [0.25, 0.3) is 10.4 Å². The van der Waals surface area contributed by atoms with Crippen LogP contribution in [-0.4, -0.2) is 12.0 Å². The van der Waals surface area contributed by atoms with Crippen molar-refractivity contribution >= 4 is 11.3 Å². The largest absolute Gasteiger partial charge is 0.314 e. The molecule has 0 aliphatic rings. The van der Waals surface area contributed by atoms with Crippen LogP contribution in [0.15, 0.2) is 30.5 Å². The molecule has 0 spiro atoms. The number of nitrogens with one attached hydrogen (secondary N) is 1. The van der Waals surface area contributed by atoms with Crippen LogP contribution >= 0.6 is 11.3 Å². The van der Waals surface area contributed by atoms with Crippen molar-refractivity contribution in [3.63, 3.8) is 0 Å². The van der Waals surface area contributed by atoms with Gasteiger partial charge in [-0.15, -0.1) is 11.3 Å². The van der Waals surface area contributed by atoms with Crippen LogP contribution < -0.4 is 5.32 Å². The van der Waals surface area contributed by atoms with E-state index < -0.39 is 0 Å². The van der Waals surface area contributed by atoms with Crippen LogP contribution in [0.5, 0.6) is 0 Å². The molecule has 0 saturated carbocycles. The molecule has 1 aromatic heterocycles. The monoisotopic (exact) mass is 218 g/mol. The lowest BCUT2D eigenvalue weighted by molar-refractivity contribution is 0.810. The molecule has 0 aliphatic heterocycles. The van der Waals surface area contributed by atoms with E-state index >= 15 is 0 Å². The van der Waals surface area contributed by atoms with E-state index in [4.69, 9.17) is 0 Å². The minimum Gasteiger partial charge on any atom is -0.314 e. The van der Waals surface area contributed by atoms with Crippen molar-refractivity contribution in [2.24, 2.45) is 0 Å². The van der Waals surface area contributed by atoms with Gasteiger partial charge >= 0.3 is 0 Å². The Morgan fingerprint density at radius 1 is 1.33 bits per heavy atom. The lowest BCUT2D eigenvalue weighted by atomic mass is 10.1. The highest BCUT2D eigenvalue weighted by Crippen LogP contribution is 2.28. The zero-order chi connectivity index (χ0) is 10.7. The van der Waals surface area contributed by atoms with Crippen LogP contribution in [0.3, 0.4) is 0 Å². The summed E-state index contributed by atoms with van der Waals surface area (Å²) in [6.07, 6.45) is 1.96. The van der Waals surface area contributed by atoms with Crippen molar-refractivity contribution in [1.29, 1.82) is 0 Å². The molecule has 1 aromatic carbocycles. The van der Waals surface area contributed by atoms with E-state index in [1.54, 1.807) is 11.3 Å². The molecule has 0 bridgehead atoms. The maximum absolute atomic E-state index is 4.38. The molecular formula is C12H14N2S. The van der Waals surface area contributed by atoms with Gasteiger partial charge in [0.1, 0.15) is 5.01 Å². The van der Waals surface area contributed by atoms with Crippen molar-refractivity contribution in [2.45, 2.75) is 13.5 Å². The Labute approximate surface area is 94.0 Å². The van der Waals surface area contributed by atoms with Gasteiger partial charge in [-0.2, -0.15) is 0 Å². The van der Waals surface area contributed by atoms with E-state index in [9.17, 15) is 0 Å². The lowest BCUT2D eigenvalue weighted by Crippen LogP contribution is -2.03. The molecule has 2 rings (SSSR count). The average Bonchev–Trinajstić information content (AvgIpc) is 2.68. The van der Waals surface area contributed by atoms with Crippen LogP contribution in [0.1, 0.15) is 10.6 Å². The normalized spacial score (nSPS) is 10.5. The third-order valence-corrected chi connectivity index (χ3v) is 3.32. The second-order valence-corrected chi connectivity index (χ2v) is 4.58. The molecule has 2 aromatic rings. The second-order valence-electron chi connectivity index (χ2n) is 3.46. The highest BCUT2D eigenvalue weighted by Gasteiger charge is 2.05. The van der Waals surface area contributed by atoms with Crippen molar-refractivity contribution in [3.05, 3.63) is 41.0 Å². The topological polar surface area (TPSA) is 24.9 Å². The van der Waals surface area contributed by atoms with Crippen molar-refractivity contribution in [2.75, 3.05) is 7.05 Å². The molecule has 1 heterocycles. The quantitative estimate of drug-likeness (QED) is 0.857. The van der Waals surface area contributed by atoms with Gasteiger partial charge in [0.15, 0.2) is 0 Å². The average molecular weight is 218 g/mol. The van der Waals surface area contributed by atoms with E-state index in [2.05, 4.69) is 41.5 Å². The zero-order valence-electron chi connectivity index (χ0n) is 8.95. The smallest absolute Gasteiger partial charge is 0.107 e. The summed E-state index contributed by atoms with van der Waals surface area (Å²) in [5, 5.41) is 4.25. The fourth-order valence-electron chi connectivity index (χ4n) is 1.52. The van der Waals surface area contributed by atoms with Gasteiger partial charge in [0.2, 0.25) is 0 Å². The molecule has 15 heavy (non-hydrogen) atoms. The molecule has 0 radical (unpaired) electrons. The summed E-state index contributed by atoms with van der Waals surface area (Å²) in [7, 11) is 1.94. The first-order valence-electron chi connectivity index (χ1n) is 4.96. The highest BCUT2D eigenvalue weighted by molar-refractivity contribution is 7.15. The summed E-state index contributed by atoms with van der Waals surface area (Å²) in [4.78, 5) is 5.63. The molecule has 0 amide bonds. The van der Waals surface area contributed by atoms with E-state index in [1.165, 1.54) is 16.0 Å². The summed E-state index contributed by atoms with van der Waals surface area (Å²) in [5.74, 6) is 0. The Morgan fingerprint density at radius 2 is 2.13 bits per heavy atom. The van der Waals surface area contributed by atoms with E-state index in [1.807, 2.05) is 13.2 Å². The summed E-state index contributed by atoms with van der Waals surface area (Å²) in [6, 6.07) is 8.41. The minimum absolute atomic E-state index is 0.844. The fourth-order valence-corrected chi connectivity index (χ4v) is 2.54. The Hall–Kier alpha value is -1.19. The van der Waals surface area contributed by atoms with Crippen LogP contribution in [0.4, 0.5) is 0 Å². The van der Waals surface area contributed by atoms with Gasteiger partial charge in [-0.1, -0.05) is 24.3 Å². The SMILES string of the molecule is CNCc1ncc(-c2ccccc2C)s1. The minimum atomic E-state index is 0.844.